The van der Waals surface area contributed by atoms with E-state index in [1.165, 1.54) is 0 Å². The molecule has 0 bridgehead atoms. The molecule has 2 N–H and O–H groups in total. The van der Waals surface area contributed by atoms with Crippen molar-refractivity contribution in [2.75, 3.05) is 13.7 Å². The van der Waals surface area contributed by atoms with Crippen LogP contribution in [0.1, 0.15) is 26.3 Å². The van der Waals surface area contributed by atoms with E-state index in [-0.39, 0.29) is 17.9 Å². The van der Waals surface area contributed by atoms with Gasteiger partial charge in [-0.25, -0.2) is 0 Å². The SMILES string of the molecule is COc1ccccc1-c1ccc(CN(C(=O)C(C)CN)C(C)C)cc1. The first-order valence-electron chi connectivity index (χ1n) is 8.70. The van der Waals surface area contributed by atoms with Crippen molar-refractivity contribution < 1.29 is 9.53 Å². The number of para-hydroxylation sites is 1. The van der Waals surface area contributed by atoms with Gasteiger partial charge in [0.1, 0.15) is 5.75 Å². The van der Waals surface area contributed by atoms with Gasteiger partial charge in [-0.3, -0.25) is 4.79 Å². The van der Waals surface area contributed by atoms with E-state index in [2.05, 4.69) is 24.3 Å². The van der Waals surface area contributed by atoms with Crippen LogP contribution < -0.4 is 10.5 Å². The lowest BCUT2D eigenvalue weighted by molar-refractivity contribution is -0.137. The van der Waals surface area contributed by atoms with E-state index in [4.69, 9.17) is 10.5 Å². The van der Waals surface area contributed by atoms with E-state index < -0.39 is 0 Å². The van der Waals surface area contributed by atoms with Crippen molar-refractivity contribution in [2.24, 2.45) is 11.7 Å². The van der Waals surface area contributed by atoms with Crippen molar-refractivity contribution in [1.29, 1.82) is 0 Å². The summed E-state index contributed by atoms with van der Waals surface area (Å²) in [5, 5.41) is 0. The molecule has 0 aromatic heterocycles. The van der Waals surface area contributed by atoms with Crippen LogP contribution in [0.4, 0.5) is 0 Å². The zero-order valence-corrected chi connectivity index (χ0v) is 15.5. The number of carbonyl (C=O) groups excluding carboxylic acids is 1. The number of carbonyl (C=O) groups is 1. The Morgan fingerprint density at radius 2 is 1.72 bits per heavy atom. The predicted octanol–water partition coefficient (Wildman–Crippen LogP) is 3.69. The molecule has 0 saturated heterocycles. The minimum absolute atomic E-state index is 0.103. The number of amides is 1. The molecular weight excluding hydrogens is 312 g/mol. The zero-order valence-electron chi connectivity index (χ0n) is 15.5. The van der Waals surface area contributed by atoms with Gasteiger partial charge in [-0.1, -0.05) is 49.4 Å². The van der Waals surface area contributed by atoms with E-state index in [0.717, 1.165) is 22.4 Å². The molecule has 134 valence electrons. The highest BCUT2D eigenvalue weighted by atomic mass is 16.5. The lowest BCUT2D eigenvalue weighted by atomic mass is 10.0. The van der Waals surface area contributed by atoms with Gasteiger partial charge in [-0.05, 0) is 31.0 Å². The van der Waals surface area contributed by atoms with Gasteiger partial charge in [-0.2, -0.15) is 0 Å². The standard InChI is InChI=1S/C21H28N2O2/c1-15(2)23(21(24)16(3)13-22)14-17-9-11-18(12-10-17)19-7-5-6-8-20(19)25-4/h5-12,15-16H,13-14,22H2,1-4H3. The Balaban J connectivity index is 2.20. The fourth-order valence-corrected chi connectivity index (χ4v) is 2.77. The Morgan fingerprint density at radius 3 is 2.28 bits per heavy atom. The summed E-state index contributed by atoms with van der Waals surface area (Å²) >= 11 is 0. The number of methoxy groups -OCH3 is 1. The van der Waals surface area contributed by atoms with Crippen LogP contribution in [0.2, 0.25) is 0 Å². The average molecular weight is 340 g/mol. The molecule has 0 saturated carbocycles. The molecule has 1 amide bonds. The number of nitrogens with two attached hydrogens (primary N) is 1. The molecule has 0 aliphatic rings. The van der Waals surface area contributed by atoms with Crippen LogP contribution in [0.5, 0.6) is 5.75 Å². The first-order chi connectivity index (χ1) is 12.0. The summed E-state index contributed by atoms with van der Waals surface area (Å²) in [5.74, 6) is 0.799. The largest absolute Gasteiger partial charge is 0.496 e. The lowest BCUT2D eigenvalue weighted by Crippen LogP contribution is -2.41. The maximum Gasteiger partial charge on any atom is 0.227 e. The third-order valence-corrected chi connectivity index (χ3v) is 4.41. The van der Waals surface area contributed by atoms with E-state index in [1.807, 2.05) is 49.9 Å². The number of hydrogen-bond acceptors (Lipinski definition) is 3. The van der Waals surface area contributed by atoms with Crippen molar-refractivity contribution in [1.82, 2.24) is 4.90 Å². The lowest BCUT2D eigenvalue weighted by Gasteiger charge is -2.29. The summed E-state index contributed by atoms with van der Waals surface area (Å²) in [6.45, 7) is 6.90. The van der Waals surface area contributed by atoms with Crippen LogP contribution in [0.25, 0.3) is 11.1 Å². The van der Waals surface area contributed by atoms with Gasteiger partial charge >= 0.3 is 0 Å². The molecule has 2 aromatic carbocycles. The first kappa shape index (κ1) is 19.0. The fraction of sp³-hybridized carbons (Fsp3) is 0.381. The van der Waals surface area contributed by atoms with E-state index in [1.54, 1.807) is 7.11 Å². The van der Waals surface area contributed by atoms with Gasteiger partial charge in [0.15, 0.2) is 0 Å². The summed E-state index contributed by atoms with van der Waals surface area (Å²) in [6.07, 6.45) is 0. The monoisotopic (exact) mass is 340 g/mol. The van der Waals surface area contributed by atoms with Gasteiger partial charge < -0.3 is 15.4 Å². The maximum absolute atomic E-state index is 12.5. The summed E-state index contributed by atoms with van der Waals surface area (Å²) in [7, 11) is 1.68. The van der Waals surface area contributed by atoms with Crippen LogP contribution in [0.3, 0.4) is 0 Å². The Bertz CT molecular complexity index is 695. The maximum atomic E-state index is 12.5. The van der Waals surface area contributed by atoms with Crippen LogP contribution in [-0.2, 0) is 11.3 Å². The molecule has 1 unspecified atom stereocenters. The van der Waals surface area contributed by atoms with Gasteiger partial charge in [0, 0.05) is 30.6 Å². The van der Waals surface area contributed by atoms with Crippen LogP contribution in [0.15, 0.2) is 48.5 Å². The molecule has 0 aliphatic carbocycles. The molecule has 0 radical (unpaired) electrons. The third kappa shape index (κ3) is 4.60. The van der Waals surface area contributed by atoms with Crippen molar-refractivity contribution in [3.63, 3.8) is 0 Å². The second-order valence-corrected chi connectivity index (χ2v) is 6.59. The third-order valence-electron chi connectivity index (χ3n) is 4.41. The van der Waals surface area contributed by atoms with Crippen molar-refractivity contribution in [2.45, 2.75) is 33.4 Å². The Kier molecular flexibility index (Phi) is 6.59. The first-order valence-corrected chi connectivity index (χ1v) is 8.70. The summed E-state index contributed by atoms with van der Waals surface area (Å²) < 4.78 is 5.43. The van der Waals surface area contributed by atoms with Crippen molar-refractivity contribution in [3.8, 4) is 16.9 Å². The number of nitrogens with zero attached hydrogens (tertiary/aromatic N) is 1. The topological polar surface area (TPSA) is 55.6 Å². The minimum Gasteiger partial charge on any atom is -0.496 e. The van der Waals surface area contributed by atoms with Crippen molar-refractivity contribution >= 4 is 5.91 Å². The van der Waals surface area contributed by atoms with Gasteiger partial charge in [0.05, 0.1) is 7.11 Å². The van der Waals surface area contributed by atoms with Gasteiger partial charge in [-0.15, -0.1) is 0 Å². The second kappa shape index (κ2) is 8.67. The number of benzene rings is 2. The summed E-state index contributed by atoms with van der Waals surface area (Å²) in [5.41, 5.74) is 8.91. The van der Waals surface area contributed by atoms with Gasteiger partial charge in [0.25, 0.3) is 0 Å². The molecule has 25 heavy (non-hydrogen) atoms. The summed E-state index contributed by atoms with van der Waals surface area (Å²) in [6, 6.07) is 16.4. The van der Waals surface area contributed by atoms with E-state index >= 15 is 0 Å². The quantitative estimate of drug-likeness (QED) is 0.836. The van der Waals surface area contributed by atoms with Crippen molar-refractivity contribution in [3.05, 3.63) is 54.1 Å². The van der Waals surface area contributed by atoms with Crippen LogP contribution >= 0.6 is 0 Å². The molecule has 4 heteroatoms. The van der Waals surface area contributed by atoms with Gasteiger partial charge in [0.2, 0.25) is 5.91 Å². The average Bonchev–Trinajstić information content (AvgIpc) is 2.65. The number of hydrogen-bond donors (Lipinski definition) is 1. The Hall–Kier alpha value is -2.33. The smallest absolute Gasteiger partial charge is 0.227 e. The van der Waals surface area contributed by atoms with Crippen LogP contribution in [0, 0.1) is 5.92 Å². The van der Waals surface area contributed by atoms with E-state index in [0.29, 0.717) is 13.1 Å². The van der Waals surface area contributed by atoms with E-state index in [9.17, 15) is 4.79 Å². The molecule has 0 heterocycles. The normalized spacial score (nSPS) is 12.1. The Labute approximate surface area is 150 Å². The Morgan fingerprint density at radius 1 is 1.08 bits per heavy atom. The molecule has 2 rings (SSSR count). The molecule has 0 fully saturated rings. The molecule has 0 spiro atoms. The summed E-state index contributed by atoms with van der Waals surface area (Å²) in [4.78, 5) is 14.4. The van der Waals surface area contributed by atoms with Crippen LogP contribution in [-0.4, -0.2) is 30.5 Å². The highest BCUT2D eigenvalue weighted by Gasteiger charge is 2.22. The molecule has 1 atom stereocenters. The number of ether oxygens (including phenoxy) is 1. The number of rotatable bonds is 7. The zero-order chi connectivity index (χ0) is 18.4. The molecule has 2 aromatic rings. The molecule has 0 aliphatic heterocycles. The predicted molar refractivity (Wildman–Crippen MR) is 102 cm³/mol. The minimum atomic E-state index is -0.157. The fourth-order valence-electron chi connectivity index (χ4n) is 2.77. The molecular formula is C21H28N2O2. The second-order valence-electron chi connectivity index (χ2n) is 6.59. The molecule has 4 nitrogen and oxygen atoms in total. The highest BCUT2D eigenvalue weighted by molar-refractivity contribution is 5.79. The highest BCUT2D eigenvalue weighted by Crippen LogP contribution is 2.29.